The Balaban J connectivity index is 2.23. The first-order valence-corrected chi connectivity index (χ1v) is 8.07. The fourth-order valence-electron chi connectivity index (χ4n) is 2.64. The van der Waals surface area contributed by atoms with Crippen molar-refractivity contribution in [2.45, 2.75) is 26.3 Å². The monoisotopic (exact) mass is 337 g/mol. The maximum absolute atomic E-state index is 12.8. The molecule has 0 radical (unpaired) electrons. The van der Waals surface area contributed by atoms with Crippen molar-refractivity contribution in [2.24, 2.45) is 0 Å². The van der Waals surface area contributed by atoms with Gasteiger partial charge in [-0.05, 0) is 32.0 Å². The molecule has 0 aliphatic carbocycles. The van der Waals surface area contributed by atoms with Gasteiger partial charge in [0.15, 0.2) is 11.5 Å². The number of carboxylic acid groups (broad SMARTS) is 1. The summed E-state index contributed by atoms with van der Waals surface area (Å²) in [4.78, 5) is 25.4. The average Bonchev–Trinajstić information content (AvgIpc) is 2.56. The molecular formula is C17H23NO6. The van der Waals surface area contributed by atoms with E-state index < -0.39 is 12.0 Å². The number of carbonyl (C=O) groups excluding carboxylic acids is 1. The van der Waals surface area contributed by atoms with Crippen molar-refractivity contribution in [3.63, 3.8) is 0 Å². The highest BCUT2D eigenvalue weighted by atomic mass is 16.5. The van der Waals surface area contributed by atoms with Gasteiger partial charge < -0.3 is 24.2 Å². The first-order valence-electron chi connectivity index (χ1n) is 8.07. The molecule has 1 aromatic rings. The van der Waals surface area contributed by atoms with E-state index in [0.717, 1.165) is 0 Å². The van der Waals surface area contributed by atoms with E-state index in [1.165, 1.54) is 0 Å². The van der Waals surface area contributed by atoms with Crippen LogP contribution < -0.4 is 9.47 Å². The van der Waals surface area contributed by atoms with Gasteiger partial charge in [0, 0.05) is 12.1 Å². The topological polar surface area (TPSA) is 85.3 Å². The van der Waals surface area contributed by atoms with Crippen LogP contribution in [0.4, 0.5) is 0 Å². The lowest BCUT2D eigenvalue weighted by molar-refractivity contribution is -0.139. The Bertz CT molecular complexity index is 588. The number of benzene rings is 1. The molecule has 0 bridgehead atoms. The summed E-state index contributed by atoms with van der Waals surface area (Å²) in [5.41, 5.74) is 0.444. The standard InChI is InChI=1S/C17H23NO6/c1-3-23-14-6-5-12(9-15(14)24-4-2)17(21)18-7-8-22-11-13(18)10-16(19)20/h5-6,9,13H,3-4,7-8,10-11H2,1-2H3,(H,19,20). The Kier molecular flexibility index (Phi) is 6.43. The van der Waals surface area contributed by atoms with Gasteiger partial charge in [-0.3, -0.25) is 9.59 Å². The minimum absolute atomic E-state index is 0.138. The molecule has 1 fully saturated rings. The Morgan fingerprint density at radius 2 is 1.96 bits per heavy atom. The van der Waals surface area contributed by atoms with Crippen molar-refractivity contribution in [3.05, 3.63) is 23.8 Å². The number of hydrogen-bond donors (Lipinski definition) is 1. The molecule has 7 heteroatoms. The first-order chi connectivity index (χ1) is 11.6. The molecule has 132 valence electrons. The van der Waals surface area contributed by atoms with Crippen molar-refractivity contribution in [3.8, 4) is 11.5 Å². The van der Waals surface area contributed by atoms with Crippen LogP contribution in [-0.2, 0) is 9.53 Å². The van der Waals surface area contributed by atoms with Crippen molar-refractivity contribution in [2.75, 3.05) is 33.0 Å². The highest BCUT2D eigenvalue weighted by Gasteiger charge is 2.30. The molecule has 24 heavy (non-hydrogen) atoms. The van der Waals surface area contributed by atoms with Crippen LogP contribution >= 0.6 is 0 Å². The molecule has 1 heterocycles. The second-order valence-corrected chi connectivity index (χ2v) is 5.35. The summed E-state index contributed by atoms with van der Waals surface area (Å²) in [6.07, 6.45) is -0.138. The second kappa shape index (κ2) is 8.54. The molecule has 1 N–H and O–H groups in total. The molecule has 0 saturated carbocycles. The summed E-state index contributed by atoms with van der Waals surface area (Å²) in [5.74, 6) is -0.0910. The fraction of sp³-hybridized carbons (Fsp3) is 0.529. The normalized spacial score (nSPS) is 17.4. The molecule has 1 atom stereocenters. The van der Waals surface area contributed by atoms with Crippen molar-refractivity contribution in [1.29, 1.82) is 0 Å². The zero-order valence-electron chi connectivity index (χ0n) is 14.0. The number of morpholine rings is 1. The maximum Gasteiger partial charge on any atom is 0.305 e. The summed E-state index contributed by atoms with van der Waals surface area (Å²) in [6.45, 7) is 5.68. The molecule has 0 aromatic heterocycles. The summed E-state index contributed by atoms with van der Waals surface area (Å²) in [5, 5.41) is 9.02. The predicted octanol–water partition coefficient (Wildman–Crippen LogP) is 1.80. The third-order valence-corrected chi connectivity index (χ3v) is 3.69. The Morgan fingerprint density at radius 1 is 1.25 bits per heavy atom. The van der Waals surface area contributed by atoms with Gasteiger partial charge in [-0.15, -0.1) is 0 Å². The second-order valence-electron chi connectivity index (χ2n) is 5.35. The van der Waals surface area contributed by atoms with Crippen LogP contribution in [0.5, 0.6) is 11.5 Å². The van der Waals surface area contributed by atoms with E-state index >= 15 is 0 Å². The average molecular weight is 337 g/mol. The summed E-state index contributed by atoms with van der Waals surface area (Å²) < 4.78 is 16.4. The number of hydrogen-bond acceptors (Lipinski definition) is 5. The zero-order valence-corrected chi connectivity index (χ0v) is 14.0. The first kappa shape index (κ1) is 18.1. The number of amides is 1. The molecule has 1 aromatic carbocycles. The zero-order chi connectivity index (χ0) is 17.5. The van der Waals surface area contributed by atoms with Gasteiger partial charge in [0.25, 0.3) is 5.91 Å². The van der Waals surface area contributed by atoms with Crippen LogP contribution in [0.3, 0.4) is 0 Å². The molecule has 2 rings (SSSR count). The summed E-state index contributed by atoms with van der Waals surface area (Å²) >= 11 is 0. The maximum atomic E-state index is 12.8. The molecule has 1 saturated heterocycles. The Labute approximate surface area is 141 Å². The summed E-state index contributed by atoms with van der Waals surface area (Å²) in [6, 6.07) is 4.55. The number of rotatable bonds is 7. The number of nitrogens with zero attached hydrogens (tertiary/aromatic N) is 1. The van der Waals surface area contributed by atoms with E-state index in [0.29, 0.717) is 43.4 Å². The lowest BCUT2D eigenvalue weighted by atomic mass is 10.1. The van der Waals surface area contributed by atoms with Gasteiger partial charge in [0.1, 0.15) is 0 Å². The van der Waals surface area contributed by atoms with Crippen molar-refractivity contribution >= 4 is 11.9 Å². The summed E-state index contributed by atoms with van der Waals surface area (Å²) in [7, 11) is 0. The molecule has 0 spiro atoms. The largest absolute Gasteiger partial charge is 0.490 e. The molecule has 1 unspecified atom stereocenters. The lowest BCUT2D eigenvalue weighted by Crippen LogP contribution is -2.49. The van der Waals surface area contributed by atoms with Crippen LogP contribution in [0.15, 0.2) is 18.2 Å². The Hall–Kier alpha value is -2.28. The van der Waals surface area contributed by atoms with Crippen molar-refractivity contribution < 1.29 is 28.9 Å². The minimum atomic E-state index is -0.954. The molecule has 7 nitrogen and oxygen atoms in total. The molecule has 1 aliphatic rings. The Morgan fingerprint density at radius 3 is 2.62 bits per heavy atom. The van der Waals surface area contributed by atoms with Gasteiger partial charge in [-0.25, -0.2) is 0 Å². The van der Waals surface area contributed by atoms with Gasteiger partial charge in [0.05, 0.1) is 38.9 Å². The quantitative estimate of drug-likeness (QED) is 0.816. The van der Waals surface area contributed by atoms with Crippen LogP contribution in [0.1, 0.15) is 30.6 Å². The highest BCUT2D eigenvalue weighted by Crippen LogP contribution is 2.29. The number of ether oxygens (including phenoxy) is 3. The SMILES string of the molecule is CCOc1ccc(C(=O)N2CCOCC2CC(=O)O)cc1OCC. The van der Waals surface area contributed by atoms with Crippen LogP contribution in [0.2, 0.25) is 0 Å². The van der Waals surface area contributed by atoms with E-state index in [1.54, 1.807) is 23.1 Å². The van der Waals surface area contributed by atoms with Crippen LogP contribution in [0, 0.1) is 0 Å². The fourth-order valence-corrected chi connectivity index (χ4v) is 2.64. The van der Waals surface area contributed by atoms with E-state index in [2.05, 4.69) is 0 Å². The van der Waals surface area contributed by atoms with Gasteiger partial charge in [-0.2, -0.15) is 0 Å². The van der Waals surface area contributed by atoms with E-state index in [4.69, 9.17) is 19.3 Å². The van der Waals surface area contributed by atoms with E-state index in [9.17, 15) is 9.59 Å². The van der Waals surface area contributed by atoms with E-state index in [-0.39, 0.29) is 18.9 Å². The number of carbonyl (C=O) groups is 2. The molecule has 1 aliphatic heterocycles. The number of aliphatic carboxylic acids is 1. The predicted molar refractivity (Wildman–Crippen MR) is 86.7 cm³/mol. The minimum Gasteiger partial charge on any atom is -0.490 e. The molecular weight excluding hydrogens is 314 g/mol. The lowest BCUT2D eigenvalue weighted by Gasteiger charge is -2.35. The van der Waals surface area contributed by atoms with Gasteiger partial charge >= 0.3 is 5.97 Å². The van der Waals surface area contributed by atoms with Gasteiger partial charge in [-0.1, -0.05) is 0 Å². The van der Waals surface area contributed by atoms with Crippen LogP contribution in [-0.4, -0.2) is 60.9 Å². The van der Waals surface area contributed by atoms with Gasteiger partial charge in [0.2, 0.25) is 0 Å². The third-order valence-electron chi connectivity index (χ3n) is 3.69. The highest BCUT2D eigenvalue weighted by molar-refractivity contribution is 5.95. The van der Waals surface area contributed by atoms with Crippen molar-refractivity contribution in [1.82, 2.24) is 4.90 Å². The van der Waals surface area contributed by atoms with Crippen LogP contribution in [0.25, 0.3) is 0 Å². The smallest absolute Gasteiger partial charge is 0.305 e. The third kappa shape index (κ3) is 4.38. The van der Waals surface area contributed by atoms with E-state index in [1.807, 2.05) is 13.8 Å². The molecule has 1 amide bonds. The number of carboxylic acids is 1.